The first kappa shape index (κ1) is 21.2. The second-order valence-electron chi connectivity index (χ2n) is 7.39. The van der Waals surface area contributed by atoms with Crippen molar-refractivity contribution in [3.8, 4) is 0 Å². The second kappa shape index (κ2) is 9.83. The Labute approximate surface area is 186 Å². The lowest BCUT2D eigenvalue weighted by Gasteiger charge is -2.14. The smallest absolute Gasteiger partial charge is 0.311 e. The van der Waals surface area contributed by atoms with E-state index in [0.717, 1.165) is 24.2 Å². The van der Waals surface area contributed by atoms with E-state index in [-0.39, 0.29) is 30.1 Å². The number of esters is 1. The van der Waals surface area contributed by atoms with E-state index in [1.807, 2.05) is 42.5 Å². The topological polar surface area (TPSA) is 79.8 Å². The molecule has 0 spiro atoms. The molecule has 7 heteroatoms. The summed E-state index contributed by atoms with van der Waals surface area (Å²) in [6.45, 7) is 2.12. The first-order chi connectivity index (χ1) is 15.1. The molecule has 4 rings (SSSR count). The number of ether oxygens (including phenoxy) is 1. The van der Waals surface area contributed by atoms with Gasteiger partial charge in [0.05, 0.1) is 41.2 Å². The maximum atomic E-state index is 12.6. The number of aryl methyl sites for hydroxylation is 1. The lowest BCUT2D eigenvalue weighted by Crippen LogP contribution is -2.29. The molecule has 0 fully saturated rings. The summed E-state index contributed by atoms with van der Waals surface area (Å²) >= 11 is 1.36. The Balaban J connectivity index is 1.43. The number of hydrogen-bond donors (Lipinski definition) is 2. The molecule has 2 N–H and O–H groups in total. The van der Waals surface area contributed by atoms with E-state index < -0.39 is 0 Å². The van der Waals surface area contributed by atoms with Crippen molar-refractivity contribution in [1.82, 2.24) is 5.32 Å². The molecular weight excluding hydrogens is 410 g/mol. The van der Waals surface area contributed by atoms with Gasteiger partial charge in [-0.3, -0.25) is 9.59 Å². The van der Waals surface area contributed by atoms with Gasteiger partial charge in [-0.05, 0) is 49.1 Å². The molecule has 160 valence electrons. The molecule has 2 aromatic carbocycles. The van der Waals surface area contributed by atoms with E-state index in [9.17, 15) is 9.59 Å². The number of hydrogen-bond acceptors (Lipinski definition) is 6. The average Bonchev–Trinajstić information content (AvgIpc) is 3.07. The minimum absolute atomic E-state index is 0.0276. The summed E-state index contributed by atoms with van der Waals surface area (Å²) in [5, 5.41) is 7.09. The quantitative estimate of drug-likeness (QED) is 0.653. The molecule has 1 aliphatic heterocycles. The van der Waals surface area contributed by atoms with Gasteiger partial charge in [-0.25, -0.2) is 4.99 Å². The maximum Gasteiger partial charge on any atom is 0.311 e. The van der Waals surface area contributed by atoms with Crippen LogP contribution < -0.4 is 10.6 Å². The van der Waals surface area contributed by atoms with E-state index in [4.69, 9.17) is 9.73 Å². The van der Waals surface area contributed by atoms with Crippen LogP contribution in [0.4, 0.5) is 11.4 Å². The van der Waals surface area contributed by atoms with Crippen molar-refractivity contribution in [2.45, 2.75) is 32.2 Å². The average molecular weight is 436 g/mol. The van der Waals surface area contributed by atoms with Crippen LogP contribution in [-0.4, -0.2) is 29.3 Å². The van der Waals surface area contributed by atoms with Crippen molar-refractivity contribution in [2.75, 3.05) is 17.7 Å². The number of nitrogens with one attached hydrogen (secondary N) is 2. The molecule has 0 saturated heterocycles. The molecule has 0 saturated carbocycles. The standard InChI is InChI=1S/C24H25N3O3S/c1-2-30-24(29)14-17-13-23(27-21-10-6-5-9-20(21)25-17)31-15-22(28)26-19-12-11-16-7-3-4-8-18(16)19/h3-10,13,19,25H,2,11-12,14-15H2,1H3,(H,26,28). The number of rotatable bonds is 6. The summed E-state index contributed by atoms with van der Waals surface area (Å²) in [5.41, 5.74) is 4.80. The number of aliphatic imine (C=N–C) groups is 1. The number of fused-ring (bicyclic) bond motifs is 2. The molecule has 1 unspecified atom stereocenters. The number of thioether (sulfide) groups is 1. The summed E-state index contributed by atoms with van der Waals surface area (Å²) in [6, 6.07) is 16.0. The number of carbonyl (C=O) groups is 2. The monoisotopic (exact) mass is 435 g/mol. The van der Waals surface area contributed by atoms with E-state index in [0.29, 0.717) is 17.3 Å². The van der Waals surface area contributed by atoms with E-state index in [1.54, 1.807) is 6.92 Å². The third-order valence-corrected chi connectivity index (χ3v) is 6.10. The molecule has 1 atom stereocenters. The highest BCUT2D eigenvalue weighted by atomic mass is 32.2. The lowest BCUT2D eigenvalue weighted by molar-refractivity contribution is -0.142. The van der Waals surface area contributed by atoms with Gasteiger partial charge in [-0.15, -0.1) is 0 Å². The molecule has 1 amide bonds. The Kier molecular flexibility index (Phi) is 6.72. The third-order valence-electron chi connectivity index (χ3n) is 5.19. The Hall–Kier alpha value is -3.06. The first-order valence-electron chi connectivity index (χ1n) is 10.4. The molecule has 0 aromatic heterocycles. The number of benzene rings is 2. The summed E-state index contributed by atoms with van der Waals surface area (Å²) in [5.74, 6) is -0.0779. The van der Waals surface area contributed by atoms with E-state index in [1.165, 1.54) is 22.9 Å². The Bertz CT molecular complexity index is 1050. The number of carbonyl (C=O) groups excluding carboxylic acids is 2. The Morgan fingerprint density at radius 3 is 2.87 bits per heavy atom. The molecule has 2 aromatic rings. The second-order valence-corrected chi connectivity index (χ2v) is 8.39. The zero-order chi connectivity index (χ0) is 21.6. The highest BCUT2D eigenvalue weighted by Gasteiger charge is 2.23. The van der Waals surface area contributed by atoms with Crippen molar-refractivity contribution in [3.63, 3.8) is 0 Å². The molecule has 1 heterocycles. The normalized spacial score (nSPS) is 16.7. The highest BCUT2D eigenvalue weighted by molar-refractivity contribution is 8.14. The SMILES string of the molecule is CCOC(=O)CC1=CC(SCC(=O)NC2CCc3ccccc32)=Nc2ccccc2N1. The molecule has 2 aliphatic rings. The fourth-order valence-corrected chi connectivity index (χ4v) is 4.56. The Morgan fingerprint density at radius 2 is 2.00 bits per heavy atom. The van der Waals surface area contributed by atoms with Crippen molar-refractivity contribution in [3.05, 3.63) is 71.4 Å². The van der Waals surface area contributed by atoms with Gasteiger partial charge in [0.1, 0.15) is 0 Å². The van der Waals surface area contributed by atoms with Crippen LogP contribution in [0.1, 0.15) is 36.9 Å². The fourth-order valence-electron chi connectivity index (χ4n) is 3.81. The zero-order valence-corrected chi connectivity index (χ0v) is 18.2. The van der Waals surface area contributed by atoms with Crippen LogP contribution in [0.15, 0.2) is 65.3 Å². The van der Waals surface area contributed by atoms with Crippen molar-refractivity contribution in [1.29, 1.82) is 0 Å². The third kappa shape index (κ3) is 5.35. The van der Waals surface area contributed by atoms with Crippen molar-refractivity contribution >= 4 is 40.1 Å². The maximum absolute atomic E-state index is 12.6. The number of anilines is 1. The zero-order valence-electron chi connectivity index (χ0n) is 17.4. The number of amides is 1. The van der Waals surface area contributed by atoms with Gasteiger partial charge >= 0.3 is 5.97 Å². The summed E-state index contributed by atoms with van der Waals surface area (Å²) in [4.78, 5) is 29.3. The van der Waals surface area contributed by atoms with E-state index >= 15 is 0 Å². The fraction of sp³-hybridized carbons (Fsp3) is 0.292. The van der Waals surface area contributed by atoms with Crippen molar-refractivity contribution < 1.29 is 14.3 Å². The van der Waals surface area contributed by atoms with Gasteiger partial charge in [0.2, 0.25) is 5.91 Å². The minimum atomic E-state index is -0.303. The lowest BCUT2D eigenvalue weighted by atomic mass is 10.1. The van der Waals surface area contributed by atoms with Crippen LogP contribution in [0.5, 0.6) is 0 Å². The molecule has 31 heavy (non-hydrogen) atoms. The van der Waals surface area contributed by atoms with Crippen LogP contribution in [0.25, 0.3) is 0 Å². The van der Waals surface area contributed by atoms with E-state index in [2.05, 4.69) is 22.8 Å². The first-order valence-corrected chi connectivity index (χ1v) is 11.4. The molecule has 0 bridgehead atoms. The number of para-hydroxylation sites is 2. The Morgan fingerprint density at radius 1 is 1.19 bits per heavy atom. The van der Waals surface area contributed by atoms with Crippen molar-refractivity contribution in [2.24, 2.45) is 4.99 Å². The van der Waals surface area contributed by atoms with Gasteiger partial charge in [0, 0.05) is 5.70 Å². The number of nitrogens with zero attached hydrogens (tertiary/aromatic N) is 1. The molecule has 1 aliphatic carbocycles. The largest absolute Gasteiger partial charge is 0.466 e. The molecule has 6 nitrogen and oxygen atoms in total. The summed E-state index contributed by atoms with van der Waals surface area (Å²) in [6.07, 6.45) is 3.85. The van der Waals surface area contributed by atoms with Gasteiger partial charge in [0.15, 0.2) is 0 Å². The summed E-state index contributed by atoms with van der Waals surface area (Å²) in [7, 11) is 0. The van der Waals surface area contributed by atoms with Crippen LogP contribution in [-0.2, 0) is 20.7 Å². The van der Waals surface area contributed by atoms with Crippen LogP contribution >= 0.6 is 11.8 Å². The molecule has 0 radical (unpaired) electrons. The predicted octanol–water partition coefficient (Wildman–Crippen LogP) is 4.52. The van der Waals surface area contributed by atoms with Crippen LogP contribution in [0.3, 0.4) is 0 Å². The predicted molar refractivity (Wildman–Crippen MR) is 125 cm³/mol. The van der Waals surface area contributed by atoms with Gasteiger partial charge in [-0.1, -0.05) is 48.2 Å². The van der Waals surface area contributed by atoms with Crippen LogP contribution in [0.2, 0.25) is 0 Å². The highest BCUT2D eigenvalue weighted by Crippen LogP contribution is 2.32. The molecular formula is C24H25N3O3S. The summed E-state index contributed by atoms with van der Waals surface area (Å²) < 4.78 is 5.08. The van der Waals surface area contributed by atoms with Gasteiger partial charge in [-0.2, -0.15) is 0 Å². The van der Waals surface area contributed by atoms with Gasteiger partial charge in [0.25, 0.3) is 0 Å². The van der Waals surface area contributed by atoms with Gasteiger partial charge < -0.3 is 15.4 Å². The van der Waals surface area contributed by atoms with Crippen LogP contribution in [0, 0.1) is 0 Å². The minimum Gasteiger partial charge on any atom is -0.466 e.